The number of carboxylic acids is 1. The van der Waals surface area contributed by atoms with Gasteiger partial charge in [0.1, 0.15) is 0 Å². The van der Waals surface area contributed by atoms with Gasteiger partial charge in [0.05, 0.1) is 0 Å². The predicted octanol–water partition coefficient (Wildman–Crippen LogP) is 0.327. The van der Waals surface area contributed by atoms with Crippen LogP contribution in [0.2, 0.25) is 0 Å². The molecule has 0 saturated heterocycles. The molecule has 1 N–H and O–H groups in total. The minimum atomic E-state index is -1.07. The Hall–Kier alpha value is -1.84. The van der Waals surface area contributed by atoms with Crippen molar-refractivity contribution in [1.82, 2.24) is 0 Å². The molecule has 4 heteroatoms. The van der Waals surface area contributed by atoms with E-state index in [-0.39, 0.29) is 12.3 Å². The first kappa shape index (κ1) is 11.2. The van der Waals surface area contributed by atoms with Gasteiger partial charge in [-0.25, -0.2) is 0 Å². The smallest absolute Gasteiger partial charge is 0.221 e. The van der Waals surface area contributed by atoms with E-state index < -0.39 is 5.97 Å². The number of aliphatic carboxylic acids is 1. The van der Waals surface area contributed by atoms with E-state index in [1.165, 1.54) is 6.92 Å². The lowest BCUT2D eigenvalue weighted by Crippen LogP contribution is -2.22. The van der Waals surface area contributed by atoms with E-state index >= 15 is 0 Å². The molecule has 0 bridgehead atoms. The van der Waals surface area contributed by atoms with Gasteiger partial charge in [-0.3, -0.25) is 4.79 Å². The summed E-state index contributed by atoms with van der Waals surface area (Å²) >= 11 is 0. The highest BCUT2D eigenvalue weighted by molar-refractivity contribution is 5.88. The Bertz CT molecular complexity index is 374. The van der Waals surface area contributed by atoms with E-state index in [0.29, 0.717) is 12.1 Å². The topological polar surface area (TPSA) is 69.2 Å². The molecule has 15 heavy (non-hydrogen) atoms. The molecule has 1 aromatic carbocycles. The summed E-state index contributed by atoms with van der Waals surface area (Å²) in [5.41, 5.74) is 1.55. The number of hydrogen-bond donors (Lipinski definition) is 1. The van der Waals surface area contributed by atoms with Crippen molar-refractivity contribution in [2.75, 3.05) is 5.32 Å². The highest BCUT2D eigenvalue weighted by atomic mass is 16.4. The molecule has 0 aliphatic heterocycles. The molecule has 0 atom stereocenters. The number of aryl methyl sites for hydroxylation is 1. The predicted molar refractivity (Wildman–Crippen MR) is 54.1 cm³/mol. The fraction of sp³-hybridized carbons (Fsp3) is 0.273. The molecule has 0 aliphatic carbocycles. The third kappa shape index (κ3) is 4.26. The number of carbonyl (C=O) groups excluding carboxylic acids is 2. The Kier molecular flexibility index (Phi) is 3.85. The Balaban J connectivity index is 2.65. The first-order valence-corrected chi connectivity index (χ1v) is 4.64. The number of rotatable bonds is 4. The van der Waals surface area contributed by atoms with E-state index in [4.69, 9.17) is 0 Å². The highest BCUT2D eigenvalue weighted by Crippen LogP contribution is 2.11. The summed E-state index contributed by atoms with van der Waals surface area (Å²) in [6.45, 7) is 1.42. The Morgan fingerprint density at radius 2 is 2.13 bits per heavy atom. The van der Waals surface area contributed by atoms with Crippen molar-refractivity contribution in [1.29, 1.82) is 0 Å². The average molecular weight is 206 g/mol. The second kappa shape index (κ2) is 5.14. The third-order valence-electron chi connectivity index (χ3n) is 1.87. The minimum Gasteiger partial charge on any atom is -0.550 e. The average Bonchev–Trinajstić information content (AvgIpc) is 2.14. The number of anilines is 1. The van der Waals surface area contributed by atoms with Gasteiger partial charge in [-0.2, -0.15) is 0 Å². The molecule has 1 aromatic rings. The second-order valence-corrected chi connectivity index (χ2v) is 3.25. The second-order valence-electron chi connectivity index (χ2n) is 3.25. The van der Waals surface area contributed by atoms with Gasteiger partial charge >= 0.3 is 0 Å². The lowest BCUT2D eigenvalue weighted by Gasteiger charge is -2.06. The molecule has 1 rings (SSSR count). The fourth-order valence-corrected chi connectivity index (χ4v) is 1.25. The van der Waals surface area contributed by atoms with Crippen LogP contribution in [0.5, 0.6) is 0 Å². The van der Waals surface area contributed by atoms with Crippen LogP contribution in [0.15, 0.2) is 24.3 Å². The number of amides is 1. The van der Waals surface area contributed by atoms with Gasteiger partial charge < -0.3 is 15.2 Å². The maximum absolute atomic E-state index is 10.8. The van der Waals surface area contributed by atoms with Crippen molar-refractivity contribution in [3.05, 3.63) is 29.8 Å². The van der Waals surface area contributed by atoms with Crippen molar-refractivity contribution < 1.29 is 14.7 Å². The van der Waals surface area contributed by atoms with Crippen molar-refractivity contribution in [2.45, 2.75) is 19.8 Å². The van der Waals surface area contributed by atoms with Crippen LogP contribution >= 0.6 is 0 Å². The molecular weight excluding hydrogens is 194 g/mol. The summed E-state index contributed by atoms with van der Waals surface area (Å²) < 4.78 is 0. The quantitative estimate of drug-likeness (QED) is 0.771. The van der Waals surface area contributed by atoms with Crippen LogP contribution in [-0.2, 0) is 16.0 Å². The fourth-order valence-electron chi connectivity index (χ4n) is 1.25. The lowest BCUT2D eigenvalue weighted by molar-refractivity contribution is -0.305. The van der Waals surface area contributed by atoms with Crippen molar-refractivity contribution in [2.24, 2.45) is 0 Å². The molecule has 0 heterocycles. The molecule has 0 aliphatic rings. The summed E-state index contributed by atoms with van der Waals surface area (Å²) in [5, 5.41) is 12.9. The summed E-state index contributed by atoms with van der Waals surface area (Å²) in [7, 11) is 0. The SMILES string of the molecule is CC(=O)Nc1cccc(CCC(=O)[O-])c1. The van der Waals surface area contributed by atoms with Crippen LogP contribution in [0.3, 0.4) is 0 Å². The molecule has 0 unspecified atom stereocenters. The summed E-state index contributed by atoms with van der Waals surface area (Å²) in [5.74, 6) is -1.22. The molecule has 0 spiro atoms. The molecule has 0 radical (unpaired) electrons. The lowest BCUT2D eigenvalue weighted by atomic mass is 10.1. The minimum absolute atomic E-state index is 0.0104. The number of nitrogens with one attached hydrogen (secondary N) is 1. The molecular formula is C11H12NO3-. The third-order valence-corrected chi connectivity index (χ3v) is 1.87. The normalized spacial score (nSPS) is 9.67. The first-order valence-electron chi connectivity index (χ1n) is 4.64. The van der Waals surface area contributed by atoms with E-state index in [1.54, 1.807) is 18.2 Å². The molecule has 80 valence electrons. The van der Waals surface area contributed by atoms with Crippen molar-refractivity contribution in [3.8, 4) is 0 Å². The highest BCUT2D eigenvalue weighted by Gasteiger charge is 1.98. The number of benzene rings is 1. The standard InChI is InChI=1S/C11H13NO3/c1-8(13)12-10-4-2-3-9(7-10)5-6-11(14)15/h2-4,7H,5-6H2,1H3,(H,12,13)(H,14,15)/p-1. The first-order chi connectivity index (χ1) is 7.08. The van der Waals surface area contributed by atoms with Gasteiger partial charge in [-0.15, -0.1) is 0 Å². The van der Waals surface area contributed by atoms with Crippen LogP contribution in [-0.4, -0.2) is 11.9 Å². The van der Waals surface area contributed by atoms with Gasteiger partial charge in [-0.1, -0.05) is 12.1 Å². The number of carboxylic acid groups (broad SMARTS) is 1. The zero-order valence-electron chi connectivity index (χ0n) is 8.45. The van der Waals surface area contributed by atoms with E-state index in [9.17, 15) is 14.7 Å². The zero-order valence-corrected chi connectivity index (χ0v) is 8.45. The summed E-state index contributed by atoms with van der Waals surface area (Å²) in [6, 6.07) is 7.10. The van der Waals surface area contributed by atoms with Gasteiger partial charge in [0.15, 0.2) is 0 Å². The maximum Gasteiger partial charge on any atom is 0.221 e. The van der Waals surface area contributed by atoms with Gasteiger partial charge in [0, 0.05) is 18.6 Å². The van der Waals surface area contributed by atoms with E-state index in [2.05, 4.69) is 5.32 Å². The Morgan fingerprint density at radius 1 is 1.40 bits per heavy atom. The van der Waals surface area contributed by atoms with Crippen LogP contribution in [0.4, 0.5) is 5.69 Å². The summed E-state index contributed by atoms with van der Waals surface area (Å²) in [4.78, 5) is 21.0. The molecule has 0 saturated carbocycles. The largest absolute Gasteiger partial charge is 0.550 e. The maximum atomic E-state index is 10.8. The molecule has 0 aromatic heterocycles. The van der Waals surface area contributed by atoms with Crippen LogP contribution < -0.4 is 10.4 Å². The number of hydrogen-bond acceptors (Lipinski definition) is 3. The van der Waals surface area contributed by atoms with Crippen molar-refractivity contribution >= 4 is 17.6 Å². The van der Waals surface area contributed by atoms with Gasteiger partial charge in [-0.05, 0) is 30.5 Å². The van der Waals surface area contributed by atoms with E-state index in [0.717, 1.165) is 5.56 Å². The van der Waals surface area contributed by atoms with Crippen LogP contribution in [0, 0.1) is 0 Å². The van der Waals surface area contributed by atoms with Gasteiger partial charge in [0.25, 0.3) is 0 Å². The molecule has 4 nitrogen and oxygen atoms in total. The zero-order chi connectivity index (χ0) is 11.3. The van der Waals surface area contributed by atoms with E-state index in [1.807, 2.05) is 6.07 Å². The monoisotopic (exact) mass is 206 g/mol. The Morgan fingerprint density at radius 3 is 2.73 bits per heavy atom. The summed E-state index contributed by atoms with van der Waals surface area (Å²) in [6.07, 6.45) is 0.402. The van der Waals surface area contributed by atoms with Crippen LogP contribution in [0.25, 0.3) is 0 Å². The van der Waals surface area contributed by atoms with Gasteiger partial charge in [0.2, 0.25) is 5.91 Å². The molecule has 1 amide bonds. The van der Waals surface area contributed by atoms with Crippen LogP contribution in [0.1, 0.15) is 18.9 Å². The Labute approximate surface area is 87.9 Å². The molecule has 0 fully saturated rings. The van der Waals surface area contributed by atoms with Crippen molar-refractivity contribution in [3.63, 3.8) is 0 Å². The number of carbonyl (C=O) groups is 2.